The summed E-state index contributed by atoms with van der Waals surface area (Å²) in [5.74, 6) is 3.27. The summed E-state index contributed by atoms with van der Waals surface area (Å²) in [7, 11) is 0. The fraction of sp³-hybridized carbons (Fsp3) is 1.00. The molecule has 0 aromatic carbocycles. The van der Waals surface area contributed by atoms with Crippen LogP contribution in [0.3, 0.4) is 0 Å². The van der Waals surface area contributed by atoms with Crippen LogP contribution in [0.5, 0.6) is 0 Å². The van der Waals surface area contributed by atoms with Gasteiger partial charge in [-0.15, -0.1) is 0 Å². The molecule has 13 heavy (non-hydrogen) atoms. The molecule has 0 heterocycles. The third-order valence-corrected chi connectivity index (χ3v) is 4.75. The van der Waals surface area contributed by atoms with Crippen LogP contribution in [-0.2, 0) is 0 Å². The smallest absolute Gasteiger partial charge is 0.0802 e. The van der Waals surface area contributed by atoms with Gasteiger partial charge in [-0.1, -0.05) is 0 Å². The highest BCUT2D eigenvalue weighted by molar-refractivity contribution is 5.01. The molecule has 0 aromatic heterocycles. The fourth-order valence-electron chi connectivity index (χ4n) is 4.14. The topological polar surface area (TPSA) is 40.5 Å². The lowest BCUT2D eigenvalue weighted by atomic mass is 9.69. The quantitative estimate of drug-likeness (QED) is 0.590. The molecule has 2 N–H and O–H groups in total. The van der Waals surface area contributed by atoms with Crippen molar-refractivity contribution in [1.82, 2.24) is 0 Å². The summed E-state index contributed by atoms with van der Waals surface area (Å²) in [5.41, 5.74) is 0. The van der Waals surface area contributed by atoms with Gasteiger partial charge in [-0.3, -0.25) is 0 Å². The second kappa shape index (κ2) is 2.71. The largest absolute Gasteiger partial charge is 0.390 e. The number of hydrogen-bond donors (Lipinski definition) is 2. The van der Waals surface area contributed by atoms with E-state index in [1.54, 1.807) is 0 Å². The minimum Gasteiger partial charge on any atom is -0.390 e. The minimum absolute atomic E-state index is 0.430. The van der Waals surface area contributed by atoms with Crippen molar-refractivity contribution < 1.29 is 10.2 Å². The van der Waals surface area contributed by atoms with E-state index < -0.39 is 12.2 Å². The summed E-state index contributed by atoms with van der Waals surface area (Å²) < 4.78 is 0. The van der Waals surface area contributed by atoms with E-state index in [2.05, 4.69) is 0 Å². The van der Waals surface area contributed by atoms with Gasteiger partial charge in [0.25, 0.3) is 0 Å². The molecule has 0 saturated heterocycles. The Balaban J connectivity index is 1.81. The molecule has 3 saturated carbocycles. The zero-order valence-corrected chi connectivity index (χ0v) is 7.89. The zero-order valence-electron chi connectivity index (χ0n) is 7.89. The molecule has 2 heteroatoms. The van der Waals surface area contributed by atoms with Gasteiger partial charge in [0.15, 0.2) is 0 Å². The lowest BCUT2D eigenvalue weighted by Gasteiger charge is -2.39. The Labute approximate surface area is 79.0 Å². The third-order valence-electron chi connectivity index (χ3n) is 4.75. The summed E-state index contributed by atoms with van der Waals surface area (Å²) in [5, 5.41) is 19.2. The van der Waals surface area contributed by atoms with E-state index in [-0.39, 0.29) is 0 Å². The Morgan fingerprint density at radius 1 is 0.692 bits per heavy atom. The van der Waals surface area contributed by atoms with Crippen LogP contribution in [0.4, 0.5) is 0 Å². The van der Waals surface area contributed by atoms with Crippen molar-refractivity contribution in [3.05, 3.63) is 0 Å². The summed E-state index contributed by atoms with van der Waals surface area (Å²) in [6.07, 6.45) is 5.03. The minimum atomic E-state index is -0.430. The number of rotatable bonds is 0. The second-order valence-electron chi connectivity index (χ2n) is 5.27. The van der Waals surface area contributed by atoms with Crippen molar-refractivity contribution in [3.63, 3.8) is 0 Å². The van der Waals surface area contributed by atoms with E-state index >= 15 is 0 Å². The summed E-state index contributed by atoms with van der Waals surface area (Å²) in [4.78, 5) is 0. The van der Waals surface area contributed by atoms with Crippen LogP contribution in [0.1, 0.15) is 32.1 Å². The Morgan fingerprint density at radius 3 is 1.62 bits per heavy atom. The molecule has 3 fully saturated rings. The number of aliphatic hydroxyl groups excluding tert-OH is 2. The normalized spacial score (nSPS) is 59.5. The maximum Gasteiger partial charge on any atom is 0.0802 e. The standard InChI is InChI=1S/C11H18O2/c12-10-4-8-6-1-2-7(3-6)9(8)5-11(10)13/h6-13H,1-5H2. The van der Waals surface area contributed by atoms with Crippen molar-refractivity contribution >= 4 is 0 Å². The Hall–Kier alpha value is -0.0800. The zero-order chi connectivity index (χ0) is 9.00. The van der Waals surface area contributed by atoms with Gasteiger partial charge < -0.3 is 10.2 Å². The lowest BCUT2D eigenvalue weighted by molar-refractivity contribution is -0.0593. The first-order valence-electron chi connectivity index (χ1n) is 5.62. The SMILES string of the molecule is OC1CC2C3CCC(C3)C2CC1O. The molecule has 0 amide bonds. The summed E-state index contributed by atoms with van der Waals surface area (Å²) in [6.45, 7) is 0. The van der Waals surface area contributed by atoms with Gasteiger partial charge in [0.05, 0.1) is 12.2 Å². The molecule has 0 aromatic rings. The number of hydrogen-bond acceptors (Lipinski definition) is 2. The average molecular weight is 182 g/mol. The van der Waals surface area contributed by atoms with Gasteiger partial charge in [-0.2, -0.15) is 0 Å². The molecule has 2 nitrogen and oxygen atoms in total. The Kier molecular flexibility index (Phi) is 1.72. The highest BCUT2D eigenvalue weighted by Gasteiger charge is 2.51. The van der Waals surface area contributed by atoms with Crippen LogP contribution < -0.4 is 0 Å². The van der Waals surface area contributed by atoms with Crippen molar-refractivity contribution in [2.45, 2.75) is 44.3 Å². The highest BCUT2D eigenvalue weighted by atomic mass is 16.3. The molecular formula is C11H18O2. The van der Waals surface area contributed by atoms with Gasteiger partial charge in [0.2, 0.25) is 0 Å². The summed E-state index contributed by atoms with van der Waals surface area (Å²) >= 11 is 0. The maximum atomic E-state index is 9.60. The van der Waals surface area contributed by atoms with Gasteiger partial charge in [-0.25, -0.2) is 0 Å². The van der Waals surface area contributed by atoms with Gasteiger partial charge in [-0.05, 0) is 55.8 Å². The van der Waals surface area contributed by atoms with Crippen LogP contribution >= 0.6 is 0 Å². The van der Waals surface area contributed by atoms with Crippen molar-refractivity contribution in [2.75, 3.05) is 0 Å². The van der Waals surface area contributed by atoms with E-state index in [1.807, 2.05) is 0 Å². The first-order valence-corrected chi connectivity index (χ1v) is 5.62. The molecule has 3 aliphatic carbocycles. The van der Waals surface area contributed by atoms with Gasteiger partial charge in [0, 0.05) is 0 Å². The van der Waals surface area contributed by atoms with Gasteiger partial charge >= 0.3 is 0 Å². The molecule has 3 aliphatic rings. The predicted octanol–water partition coefficient (Wildman–Crippen LogP) is 1.16. The van der Waals surface area contributed by atoms with E-state index in [9.17, 15) is 10.2 Å². The van der Waals surface area contributed by atoms with E-state index in [0.29, 0.717) is 0 Å². The van der Waals surface area contributed by atoms with Crippen LogP contribution in [0.25, 0.3) is 0 Å². The summed E-state index contributed by atoms with van der Waals surface area (Å²) in [6, 6.07) is 0. The predicted molar refractivity (Wildman–Crippen MR) is 49.1 cm³/mol. The number of fused-ring (bicyclic) bond motifs is 5. The first kappa shape index (κ1) is 8.25. The molecule has 6 atom stereocenters. The molecule has 6 unspecified atom stereocenters. The van der Waals surface area contributed by atoms with Crippen LogP contribution in [0.15, 0.2) is 0 Å². The van der Waals surface area contributed by atoms with E-state index in [4.69, 9.17) is 0 Å². The monoisotopic (exact) mass is 182 g/mol. The van der Waals surface area contributed by atoms with E-state index in [1.165, 1.54) is 19.3 Å². The van der Waals surface area contributed by atoms with Crippen molar-refractivity contribution in [3.8, 4) is 0 Å². The molecule has 0 radical (unpaired) electrons. The van der Waals surface area contributed by atoms with E-state index in [0.717, 1.165) is 36.5 Å². The highest BCUT2D eigenvalue weighted by Crippen LogP contribution is 2.57. The van der Waals surface area contributed by atoms with Crippen LogP contribution in [0.2, 0.25) is 0 Å². The fourth-order valence-corrected chi connectivity index (χ4v) is 4.14. The average Bonchev–Trinajstić information content (AvgIpc) is 2.67. The number of aliphatic hydroxyl groups is 2. The molecule has 2 bridgehead atoms. The second-order valence-corrected chi connectivity index (χ2v) is 5.27. The molecular weight excluding hydrogens is 164 g/mol. The molecule has 0 spiro atoms. The van der Waals surface area contributed by atoms with Crippen LogP contribution in [0, 0.1) is 23.7 Å². The lowest BCUT2D eigenvalue weighted by Crippen LogP contribution is -2.41. The maximum absolute atomic E-state index is 9.60. The molecule has 0 aliphatic heterocycles. The third kappa shape index (κ3) is 1.08. The molecule has 3 rings (SSSR count). The van der Waals surface area contributed by atoms with Crippen LogP contribution in [-0.4, -0.2) is 22.4 Å². The van der Waals surface area contributed by atoms with Crippen molar-refractivity contribution in [2.24, 2.45) is 23.7 Å². The molecule has 74 valence electrons. The first-order chi connectivity index (χ1) is 6.25. The van der Waals surface area contributed by atoms with Gasteiger partial charge in [0.1, 0.15) is 0 Å². The Morgan fingerprint density at radius 2 is 1.15 bits per heavy atom. The Bertz CT molecular complexity index is 194. The van der Waals surface area contributed by atoms with Crippen molar-refractivity contribution in [1.29, 1.82) is 0 Å².